The Labute approximate surface area is 163 Å². The SMILES string of the molecule is O=C1NC(=S)NC(=O)C1=Cc1ccc(OC(=O)c2ccc([N+](=O)[O-])cc2)cc1. The molecule has 3 rings (SSSR count). The Morgan fingerprint density at radius 3 is 2.11 bits per heavy atom. The van der Waals surface area contributed by atoms with Crippen molar-refractivity contribution in [2.24, 2.45) is 0 Å². The number of esters is 1. The highest BCUT2D eigenvalue weighted by Gasteiger charge is 2.25. The molecule has 1 heterocycles. The normalized spacial score (nSPS) is 13.4. The number of thiocarbonyl (C=S) groups is 1. The van der Waals surface area contributed by atoms with Crippen LogP contribution in [-0.2, 0) is 9.59 Å². The van der Waals surface area contributed by atoms with E-state index in [0.717, 1.165) is 0 Å². The Morgan fingerprint density at radius 2 is 1.57 bits per heavy atom. The Morgan fingerprint density at radius 1 is 1.00 bits per heavy atom. The first kappa shape index (κ1) is 18.9. The van der Waals surface area contributed by atoms with Gasteiger partial charge in [0.15, 0.2) is 5.11 Å². The summed E-state index contributed by atoms with van der Waals surface area (Å²) in [6.07, 6.45) is 1.37. The van der Waals surface area contributed by atoms with Crippen molar-refractivity contribution >= 4 is 46.9 Å². The lowest BCUT2D eigenvalue weighted by atomic mass is 10.1. The van der Waals surface area contributed by atoms with Crippen LogP contribution >= 0.6 is 12.2 Å². The van der Waals surface area contributed by atoms with Crippen LogP contribution in [0.4, 0.5) is 5.69 Å². The van der Waals surface area contributed by atoms with Gasteiger partial charge in [-0.15, -0.1) is 0 Å². The van der Waals surface area contributed by atoms with Gasteiger partial charge in [-0.25, -0.2) is 4.79 Å². The van der Waals surface area contributed by atoms with E-state index in [-0.39, 0.29) is 27.7 Å². The second kappa shape index (κ2) is 7.76. The second-order valence-electron chi connectivity index (χ2n) is 5.56. The first-order valence-corrected chi connectivity index (χ1v) is 8.19. The van der Waals surface area contributed by atoms with Gasteiger partial charge < -0.3 is 4.74 Å². The number of nitro groups is 1. The highest BCUT2D eigenvalue weighted by Crippen LogP contribution is 2.18. The first-order valence-electron chi connectivity index (χ1n) is 7.78. The maximum Gasteiger partial charge on any atom is 0.343 e. The average Bonchev–Trinajstić information content (AvgIpc) is 2.66. The van der Waals surface area contributed by atoms with Crippen molar-refractivity contribution in [1.82, 2.24) is 10.6 Å². The van der Waals surface area contributed by atoms with Gasteiger partial charge in [-0.3, -0.25) is 30.3 Å². The summed E-state index contributed by atoms with van der Waals surface area (Å²) in [5, 5.41) is 15.2. The first-order chi connectivity index (χ1) is 13.3. The second-order valence-corrected chi connectivity index (χ2v) is 5.97. The number of hydrogen-bond donors (Lipinski definition) is 2. The number of nitrogens with zero attached hydrogens (tertiary/aromatic N) is 1. The summed E-state index contributed by atoms with van der Waals surface area (Å²) in [6, 6.07) is 11.1. The Kier molecular flexibility index (Phi) is 5.23. The molecule has 0 spiro atoms. The van der Waals surface area contributed by atoms with Crippen molar-refractivity contribution in [2.75, 3.05) is 0 Å². The smallest absolute Gasteiger partial charge is 0.343 e. The van der Waals surface area contributed by atoms with Crippen LogP contribution in [0.5, 0.6) is 5.75 Å². The molecule has 10 heteroatoms. The molecule has 1 fully saturated rings. The van der Waals surface area contributed by atoms with E-state index >= 15 is 0 Å². The van der Waals surface area contributed by atoms with Gasteiger partial charge in [-0.05, 0) is 48.1 Å². The van der Waals surface area contributed by atoms with E-state index in [2.05, 4.69) is 10.6 Å². The number of nitrogens with one attached hydrogen (secondary N) is 2. The lowest BCUT2D eigenvalue weighted by molar-refractivity contribution is -0.384. The predicted octanol–water partition coefficient (Wildman–Crippen LogP) is 1.73. The number of hydrogen-bond acceptors (Lipinski definition) is 7. The number of nitro benzene ring substituents is 1. The minimum Gasteiger partial charge on any atom is -0.423 e. The molecular formula is C18H11N3O6S. The van der Waals surface area contributed by atoms with E-state index in [1.165, 1.54) is 42.5 Å². The number of benzene rings is 2. The van der Waals surface area contributed by atoms with Gasteiger partial charge in [0, 0.05) is 12.1 Å². The van der Waals surface area contributed by atoms with E-state index in [0.29, 0.717) is 5.56 Å². The molecule has 0 radical (unpaired) electrons. The van der Waals surface area contributed by atoms with Crippen molar-refractivity contribution in [1.29, 1.82) is 0 Å². The number of rotatable bonds is 4. The lowest BCUT2D eigenvalue weighted by Gasteiger charge is -2.16. The van der Waals surface area contributed by atoms with Crippen LogP contribution in [0.1, 0.15) is 15.9 Å². The van der Waals surface area contributed by atoms with Crippen molar-refractivity contribution in [3.05, 3.63) is 75.3 Å². The third kappa shape index (κ3) is 4.24. The molecule has 28 heavy (non-hydrogen) atoms. The third-order valence-electron chi connectivity index (χ3n) is 3.66. The lowest BCUT2D eigenvalue weighted by Crippen LogP contribution is -2.51. The number of amides is 2. The Bertz CT molecular complexity index is 1010. The monoisotopic (exact) mass is 397 g/mol. The highest BCUT2D eigenvalue weighted by molar-refractivity contribution is 7.80. The van der Waals surface area contributed by atoms with Crippen LogP contribution in [-0.4, -0.2) is 27.8 Å². The molecule has 0 bridgehead atoms. The molecule has 1 aliphatic rings. The largest absolute Gasteiger partial charge is 0.423 e. The summed E-state index contributed by atoms with van der Waals surface area (Å²) in [6.45, 7) is 0. The van der Waals surface area contributed by atoms with E-state index < -0.39 is 22.7 Å². The number of non-ortho nitro benzene ring substituents is 1. The standard InChI is InChI=1S/C18H11N3O6S/c22-15-14(16(23)20-18(28)19-15)9-10-1-7-13(8-2-10)27-17(24)11-3-5-12(6-4-11)21(25)26/h1-9H,(H2,19,20,22,23,28). The van der Waals surface area contributed by atoms with Crippen molar-refractivity contribution in [2.45, 2.75) is 0 Å². The van der Waals surface area contributed by atoms with E-state index in [4.69, 9.17) is 17.0 Å². The van der Waals surface area contributed by atoms with Gasteiger partial charge in [0.05, 0.1) is 10.5 Å². The molecule has 9 nitrogen and oxygen atoms in total. The topological polar surface area (TPSA) is 128 Å². The van der Waals surface area contributed by atoms with Crippen LogP contribution in [0.3, 0.4) is 0 Å². The molecule has 140 valence electrons. The van der Waals surface area contributed by atoms with Crippen LogP contribution in [0.15, 0.2) is 54.1 Å². The Balaban J connectivity index is 1.70. The minimum atomic E-state index is -0.680. The molecule has 0 aromatic heterocycles. The van der Waals surface area contributed by atoms with Gasteiger partial charge in [0.1, 0.15) is 11.3 Å². The maximum absolute atomic E-state index is 12.1. The molecule has 0 saturated carbocycles. The minimum absolute atomic E-state index is 0.0549. The zero-order valence-electron chi connectivity index (χ0n) is 14.0. The number of carbonyl (C=O) groups is 3. The fourth-order valence-corrected chi connectivity index (χ4v) is 2.48. The van der Waals surface area contributed by atoms with E-state index in [9.17, 15) is 24.5 Å². The summed E-state index contributed by atoms with van der Waals surface area (Å²) >= 11 is 4.72. The van der Waals surface area contributed by atoms with Gasteiger partial charge in [0.2, 0.25) is 0 Å². The van der Waals surface area contributed by atoms with Crippen molar-refractivity contribution in [3.63, 3.8) is 0 Å². The van der Waals surface area contributed by atoms with Crippen LogP contribution in [0, 0.1) is 10.1 Å². The van der Waals surface area contributed by atoms with Crippen LogP contribution in [0.25, 0.3) is 6.08 Å². The average molecular weight is 397 g/mol. The van der Waals surface area contributed by atoms with Gasteiger partial charge in [-0.1, -0.05) is 12.1 Å². The van der Waals surface area contributed by atoms with E-state index in [1.54, 1.807) is 12.1 Å². The molecule has 2 N–H and O–H groups in total. The Hall–Kier alpha value is -3.92. The summed E-state index contributed by atoms with van der Waals surface area (Å²) in [5.41, 5.74) is 0.446. The van der Waals surface area contributed by atoms with Gasteiger partial charge in [0.25, 0.3) is 17.5 Å². The quantitative estimate of drug-likeness (QED) is 0.153. The molecule has 2 amide bonds. The summed E-state index contributed by atoms with van der Waals surface area (Å²) in [4.78, 5) is 45.8. The van der Waals surface area contributed by atoms with Crippen molar-refractivity contribution < 1.29 is 24.0 Å². The molecule has 0 atom stereocenters. The fourth-order valence-electron chi connectivity index (χ4n) is 2.29. The summed E-state index contributed by atoms with van der Waals surface area (Å²) in [5.74, 6) is -1.67. The highest BCUT2D eigenvalue weighted by atomic mass is 32.1. The van der Waals surface area contributed by atoms with E-state index in [1.807, 2.05) is 0 Å². The van der Waals surface area contributed by atoms with Crippen LogP contribution < -0.4 is 15.4 Å². The van der Waals surface area contributed by atoms with Gasteiger partial charge >= 0.3 is 5.97 Å². The molecule has 1 saturated heterocycles. The third-order valence-corrected chi connectivity index (χ3v) is 3.86. The predicted molar refractivity (Wildman–Crippen MR) is 101 cm³/mol. The number of ether oxygens (including phenoxy) is 1. The fraction of sp³-hybridized carbons (Fsp3) is 0. The summed E-state index contributed by atoms with van der Waals surface area (Å²) in [7, 11) is 0. The zero-order chi connectivity index (χ0) is 20.3. The maximum atomic E-state index is 12.1. The van der Waals surface area contributed by atoms with Crippen LogP contribution in [0.2, 0.25) is 0 Å². The molecule has 2 aromatic rings. The molecule has 0 aliphatic carbocycles. The van der Waals surface area contributed by atoms with Crippen molar-refractivity contribution in [3.8, 4) is 5.75 Å². The molecule has 2 aromatic carbocycles. The van der Waals surface area contributed by atoms with Gasteiger partial charge in [-0.2, -0.15) is 0 Å². The number of carbonyl (C=O) groups excluding carboxylic acids is 3. The zero-order valence-corrected chi connectivity index (χ0v) is 14.8. The molecular weight excluding hydrogens is 386 g/mol. The summed E-state index contributed by atoms with van der Waals surface area (Å²) < 4.78 is 5.20. The molecule has 1 aliphatic heterocycles. The molecule has 0 unspecified atom stereocenters.